The molecular weight excluding hydrogens is 282 g/mol. The number of hydrogen-bond donors (Lipinski definition) is 1. The van der Waals surface area contributed by atoms with Crippen LogP contribution in [-0.2, 0) is 13.0 Å². The van der Waals surface area contributed by atoms with E-state index in [9.17, 15) is 0 Å². The van der Waals surface area contributed by atoms with E-state index in [0.717, 1.165) is 30.8 Å². The molecule has 1 N–H and O–H groups in total. The second kappa shape index (κ2) is 8.06. The highest BCUT2D eigenvalue weighted by atomic mass is 35.5. The van der Waals surface area contributed by atoms with Gasteiger partial charge in [0.1, 0.15) is 12.4 Å². The van der Waals surface area contributed by atoms with Gasteiger partial charge in [-0.1, -0.05) is 48.9 Å². The molecular formula is C18H22ClNO. The Kier molecular flexibility index (Phi) is 6.09. The molecule has 0 atom stereocenters. The van der Waals surface area contributed by atoms with E-state index in [2.05, 4.69) is 30.4 Å². The summed E-state index contributed by atoms with van der Waals surface area (Å²) in [4.78, 5) is 0. The van der Waals surface area contributed by atoms with E-state index in [1.807, 2.05) is 31.2 Å². The van der Waals surface area contributed by atoms with Crippen LogP contribution in [0.2, 0.25) is 5.02 Å². The van der Waals surface area contributed by atoms with Crippen molar-refractivity contribution in [2.45, 2.75) is 26.9 Å². The van der Waals surface area contributed by atoms with Crippen molar-refractivity contribution in [2.24, 2.45) is 0 Å². The molecule has 0 amide bonds. The minimum atomic E-state index is 0.547. The maximum atomic E-state index is 6.17. The number of hydrogen-bond acceptors (Lipinski definition) is 2. The molecule has 0 radical (unpaired) electrons. The Hall–Kier alpha value is -1.51. The zero-order chi connectivity index (χ0) is 15.1. The molecule has 0 saturated heterocycles. The van der Waals surface area contributed by atoms with Gasteiger partial charge in [0.25, 0.3) is 0 Å². The van der Waals surface area contributed by atoms with Crippen molar-refractivity contribution in [3.8, 4) is 5.75 Å². The molecule has 3 heteroatoms. The van der Waals surface area contributed by atoms with Crippen LogP contribution in [0.5, 0.6) is 5.75 Å². The minimum absolute atomic E-state index is 0.547. The monoisotopic (exact) mass is 303 g/mol. The first-order valence-electron chi connectivity index (χ1n) is 7.37. The van der Waals surface area contributed by atoms with Crippen LogP contribution in [0.1, 0.15) is 23.6 Å². The summed E-state index contributed by atoms with van der Waals surface area (Å²) in [5.41, 5.74) is 3.69. The Labute approximate surface area is 132 Å². The maximum Gasteiger partial charge on any atom is 0.138 e. The first-order valence-corrected chi connectivity index (χ1v) is 7.75. The van der Waals surface area contributed by atoms with Gasteiger partial charge in [-0.2, -0.15) is 0 Å². The van der Waals surface area contributed by atoms with Gasteiger partial charge in [0.15, 0.2) is 0 Å². The van der Waals surface area contributed by atoms with Gasteiger partial charge in [-0.25, -0.2) is 0 Å². The molecule has 0 aliphatic carbocycles. The number of rotatable bonds is 7. The number of likely N-dealkylation sites (N-methyl/N-ethyl adjacent to an activating group) is 1. The summed E-state index contributed by atoms with van der Waals surface area (Å²) in [5, 5.41) is 4.01. The Morgan fingerprint density at radius 3 is 2.62 bits per heavy atom. The van der Waals surface area contributed by atoms with E-state index in [4.69, 9.17) is 16.3 Å². The lowest BCUT2D eigenvalue weighted by Gasteiger charge is -2.12. The van der Waals surface area contributed by atoms with Crippen LogP contribution < -0.4 is 10.1 Å². The Morgan fingerprint density at radius 1 is 1.10 bits per heavy atom. The number of benzene rings is 2. The second-order valence-electron chi connectivity index (χ2n) is 5.09. The number of halogens is 1. The fourth-order valence-electron chi connectivity index (χ4n) is 2.22. The van der Waals surface area contributed by atoms with E-state index in [1.165, 1.54) is 11.1 Å². The molecule has 0 unspecified atom stereocenters. The molecule has 2 aromatic rings. The molecule has 2 nitrogen and oxygen atoms in total. The van der Waals surface area contributed by atoms with Crippen LogP contribution in [0.3, 0.4) is 0 Å². The van der Waals surface area contributed by atoms with Gasteiger partial charge in [-0.15, -0.1) is 0 Å². The van der Waals surface area contributed by atoms with E-state index in [-0.39, 0.29) is 0 Å². The molecule has 0 heterocycles. The number of nitrogens with one attached hydrogen (secondary N) is 1. The van der Waals surface area contributed by atoms with Crippen molar-refractivity contribution in [1.82, 2.24) is 5.32 Å². The Morgan fingerprint density at radius 2 is 1.86 bits per heavy atom. The highest BCUT2D eigenvalue weighted by Crippen LogP contribution is 2.26. The van der Waals surface area contributed by atoms with Crippen molar-refractivity contribution in [1.29, 1.82) is 0 Å². The maximum absolute atomic E-state index is 6.17. The van der Waals surface area contributed by atoms with Crippen LogP contribution >= 0.6 is 11.6 Å². The van der Waals surface area contributed by atoms with Crippen molar-refractivity contribution < 1.29 is 4.74 Å². The summed E-state index contributed by atoms with van der Waals surface area (Å²) < 4.78 is 5.90. The second-order valence-corrected chi connectivity index (χ2v) is 5.50. The van der Waals surface area contributed by atoms with E-state index in [1.54, 1.807) is 0 Å². The summed E-state index contributed by atoms with van der Waals surface area (Å²) in [6.45, 7) is 6.68. The Balaban J connectivity index is 2.04. The highest BCUT2D eigenvalue weighted by Gasteiger charge is 2.05. The van der Waals surface area contributed by atoms with Gasteiger partial charge >= 0.3 is 0 Å². The van der Waals surface area contributed by atoms with Crippen LogP contribution in [0, 0.1) is 6.92 Å². The fourth-order valence-corrected chi connectivity index (χ4v) is 2.39. The summed E-state index contributed by atoms with van der Waals surface area (Å²) >= 11 is 6.17. The molecule has 0 spiro atoms. The largest absolute Gasteiger partial charge is 0.487 e. The zero-order valence-corrected chi connectivity index (χ0v) is 13.4. The molecule has 0 aromatic heterocycles. The average molecular weight is 304 g/mol. The van der Waals surface area contributed by atoms with Gasteiger partial charge in [0.2, 0.25) is 0 Å². The molecule has 112 valence electrons. The van der Waals surface area contributed by atoms with Gasteiger partial charge in [-0.05, 0) is 55.3 Å². The first kappa shape index (κ1) is 15.9. The lowest BCUT2D eigenvalue weighted by molar-refractivity contribution is 0.305. The topological polar surface area (TPSA) is 21.3 Å². The van der Waals surface area contributed by atoms with Gasteiger partial charge in [0.05, 0.1) is 5.02 Å². The lowest BCUT2D eigenvalue weighted by atomic mass is 10.1. The fraction of sp³-hybridized carbons (Fsp3) is 0.333. The molecule has 21 heavy (non-hydrogen) atoms. The standard InChI is InChI=1S/C18H22ClNO/c1-3-20-11-10-15-6-4-5-7-16(15)13-21-18-12-14(2)8-9-17(18)19/h4-9,12,20H,3,10-11,13H2,1-2H3. The SMILES string of the molecule is CCNCCc1ccccc1COc1cc(C)ccc1Cl. The molecule has 2 rings (SSSR count). The lowest BCUT2D eigenvalue weighted by Crippen LogP contribution is -2.17. The predicted molar refractivity (Wildman–Crippen MR) is 89.2 cm³/mol. The normalized spacial score (nSPS) is 10.6. The molecule has 0 aliphatic rings. The van der Waals surface area contributed by atoms with Crippen molar-refractivity contribution in [3.63, 3.8) is 0 Å². The molecule has 0 fully saturated rings. The van der Waals surface area contributed by atoms with Gasteiger partial charge < -0.3 is 10.1 Å². The predicted octanol–water partition coefficient (Wildman–Crippen LogP) is 4.38. The Bertz CT molecular complexity index is 583. The third kappa shape index (κ3) is 4.76. The third-order valence-electron chi connectivity index (χ3n) is 3.41. The third-order valence-corrected chi connectivity index (χ3v) is 3.72. The summed E-state index contributed by atoms with van der Waals surface area (Å²) in [6.07, 6.45) is 1.01. The van der Waals surface area contributed by atoms with E-state index >= 15 is 0 Å². The van der Waals surface area contributed by atoms with Gasteiger partial charge in [-0.3, -0.25) is 0 Å². The molecule has 0 bridgehead atoms. The van der Waals surface area contributed by atoms with Crippen LogP contribution in [0.4, 0.5) is 0 Å². The van der Waals surface area contributed by atoms with Crippen molar-refractivity contribution >= 4 is 11.6 Å². The van der Waals surface area contributed by atoms with Crippen LogP contribution in [0.25, 0.3) is 0 Å². The van der Waals surface area contributed by atoms with Gasteiger partial charge in [0, 0.05) is 0 Å². The minimum Gasteiger partial charge on any atom is -0.487 e. The summed E-state index contributed by atoms with van der Waals surface area (Å²) in [6, 6.07) is 14.2. The molecule has 0 aliphatic heterocycles. The number of aryl methyl sites for hydroxylation is 1. The zero-order valence-electron chi connectivity index (χ0n) is 12.7. The molecule has 2 aromatic carbocycles. The quantitative estimate of drug-likeness (QED) is 0.766. The molecule has 0 saturated carbocycles. The summed E-state index contributed by atoms with van der Waals surface area (Å²) in [5.74, 6) is 0.748. The summed E-state index contributed by atoms with van der Waals surface area (Å²) in [7, 11) is 0. The van der Waals surface area contributed by atoms with Crippen molar-refractivity contribution in [3.05, 3.63) is 64.2 Å². The highest BCUT2D eigenvalue weighted by molar-refractivity contribution is 6.32. The van der Waals surface area contributed by atoms with E-state index in [0.29, 0.717) is 11.6 Å². The number of ether oxygens (including phenoxy) is 1. The van der Waals surface area contributed by atoms with E-state index < -0.39 is 0 Å². The smallest absolute Gasteiger partial charge is 0.138 e. The van der Waals surface area contributed by atoms with Crippen LogP contribution in [-0.4, -0.2) is 13.1 Å². The average Bonchev–Trinajstić information content (AvgIpc) is 2.49. The first-order chi connectivity index (χ1) is 10.2. The van der Waals surface area contributed by atoms with Crippen LogP contribution in [0.15, 0.2) is 42.5 Å². The van der Waals surface area contributed by atoms with Crippen molar-refractivity contribution in [2.75, 3.05) is 13.1 Å².